The molecule has 75 heavy (non-hydrogen) atoms. The first-order chi connectivity index (χ1) is 34.1. The minimum Gasteiger partial charge on any atom is -0.207 e. The Hall–Kier alpha value is -6.96. The van der Waals surface area contributed by atoms with E-state index in [9.17, 15) is 110 Å². The lowest BCUT2D eigenvalue weighted by Gasteiger charge is -2.46. The van der Waals surface area contributed by atoms with Crippen LogP contribution in [0.1, 0.15) is 50.1 Å². The number of hydrogen-bond acceptors (Lipinski definition) is 0. The predicted octanol–water partition coefficient (Wildman–Crippen LogP) is 14.5. The lowest BCUT2D eigenvalue weighted by atomic mass is 9.12. The average molecular weight is 1100 g/mol. The zero-order chi connectivity index (χ0) is 56.3. The monoisotopic (exact) mass is 1100 g/mol. The van der Waals surface area contributed by atoms with Crippen LogP contribution in [0.2, 0.25) is 0 Å². The molecule has 0 aliphatic carbocycles. The first-order valence-electron chi connectivity index (χ1n) is 20.6. The summed E-state index contributed by atoms with van der Waals surface area (Å²) in [6.45, 7) is 0.683. The van der Waals surface area contributed by atoms with E-state index in [0.29, 0.717) is 6.54 Å². The predicted molar refractivity (Wildman–Crippen MR) is 220 cm³/mol. The molecule has 6 aromatic carbocycles. The van der Waals surface area contributed by atoms with Gasteiger partial charge in [0.2, 0.25) is 0 Å². The van der Waals surface area contributed by atoms with Crippen molar-refractivity contribution in [3.05, 3.63) is 196 Å². The summed E-state index contributed by atoms with van der Waals surface area (Å²) in [6, 6.07) is 8.20. The lowest BCUT2D eigenvalue weighted by molar-refractivity contribution is -0.687. The normalized spacial score (nSPS) is 13.5. The van der Waals surface area contributed by atoms with Gasteiger partial charge in [0, 0.05) is 17.0 Å². The van der Waals surface area contributed by atoms with E-state index < -0.39 is 195 Å². The van der Waals surface area contributed by atoms with Gasteiger partial charge in [0.15, 0.2) is 18.9 Å². The van der Waals surface area contributed by atoms with E-state index in [1.165, 1.54) is 16.8 Å². The van der Waals surface area contributed by atoms with Crippen LogP contribution in [0, 0.1) is 5.82 Å². The summed E-state index contributed by atoms with van der Waals surface area (Å²) in [4.78, 5) is 0. The van der Waals surface area contributed by atoms with Gasteiger partial charge in [-0.1, -0.05) is 78.9 Å². The maximum absolute atomic E-state index is 14.2. The van der Waals surface area contributed by atoms with E-state index in [4.69, 9.17) is 0 Å². The molecule has 1 heterocycles. The third-order valence-corrected chi connectivity index (χ3v) is 11.4. The van der Waals surface area contributed by atoms with Crippen LogP contribution in [0.15, 0.2) is 140 Å². The summed E-state index contributed by atoms with van der Waals surface area (Å²) in [5.74, 6) is -0.186. The Morgan fingerprint density at radius 3 is 0.853 bits per heavy atom. The van der Waals surface area contributed by atoms with E-state index >= 15 is 0 Å². The highest BCUT2D eigenvalue weighted by molar-refractivity contribution is 7.20. The standard InChI is InChI=1S/C32H12BF24.C16H13FN/c34-25(35,36)13-1-14(26(37,38)39)6-21(5-13)33(22-7-15(27(40,41)42)2-16(8-22)28(43,44)45,23-9-17(29(46,47)48)3-18(10-23)30(49,50)51)24-11-19(31(52,53)54)4-20(12-24)32(55,56)57;17-16-7-3-4-13(10-16)11-18-9-8-14-5-1-2-6-15(14)12-18/h1-12H;1-10,12H,11H2/q-1;+1. The minimum absolute atomic E-state index is 0.186. The number of pyridine rings is 1. The second-order valence-electron chi connectivity index (χ2n) is 16.6. The molecule has 0 unspecified atom stereocenters. The lowest BCUT2D eigenvalue weighted by Crippen LogP contribution is -2.75. The molecule has 7 aromatic rings. The highest BCUT2D eigenvalue weighted by atomic mass is 19.4. The van der Waals surface area contributed by atoms with Crippen LogP contribution in [0.25, 0.3) is 10.8 Å². The van der Waals surface area contributed by atoms with Crippen LogP contribution in [0.5, 0.6) is 0 Å². The van der Waals surface area contributed by atoms with Crippen LogP contribution in [-0.2, 0) is 56.0 Å². The van der Waals surface area contributed by atoms with Crippen molar-refractivity contribution < 1.29 is 114 Å². The molecule has 27 heteroatoms. The van der Waals surface area contributed by atoms with E-state index in [2.05, 4.69) is 29.0 Å². The van der Waals surface area contributed by atoms with Gasteiger partial charge in [-0.05, 0) is 47.9 Å². The van der Waals surface area contributed by atoms with Crippen LogP contribution < -0.4 is 26.4 Å². The van der Waals surface area contributed by atoms with Crippen LogP contribution in [0.4, 0.5) is 110 Å². The van der Waals surface area contributed by atoms with E-state index in [1.807, 2.05) is 24.4 Å². The fourth-order valence-corrected chi connectivity index (χ4v) is 8.19. The molecule has 400 valence electrons. The van der Waals surface area contributed by atoms with Crippen molar-refractivity contribution in [2.24, 2.45) is 0 Å². The molecule has 1 nitrogen and oxygen atoms in total. The van der Waals surface area contributed by atoms with Gasteiger partial charge in [-0.2, -0.15) is 127 Å². The Morgan fingerprint density at radius 1 is 0.307 bits per heavy atom. The molecule has 0 saturated carbocycles. The van der Waals surface area contributed by atoms with E-state index in [0.717, 1.165) is 5.56 Å². The molecule has 1 aromatic heterocycles. The number of nitrogens with zero attached hydrogens (tertiary/aromatic N) is 1. The smallest absolute Gasteiger partial charge is 0.207 e. The van der Waals surface area contributed by atoms with Crippen molar-refractivity contribution in [2.45, 2.75) is 56.0 Å². The minimum atomic E-state index is -6.13. The van der Waals surface area contributed by atoms with Gasteiger partial charge in [0.05, 0.1) is 44.5 Å². The number of hydrogen-bond donors (Lipinski definition) is 0. The van der Waals surface area contributed by atoms with Gasteiger partial charge in [-0.15, -0.1) is 0 Å². The molecule has 0 N–H and O–H groups in total. The molecule has 0 amide bonds. The van der Waals surface area contributed by atoms with Crippen molar-refractivity contribution in [1.82, 2.24) is 0 Å². The van der Waals surface area contributed by atoms with Crippen molar-refractivity contribution >= 4 is 38.8 Å². The van der Waals surface area contributed by atoms with Gasteiger partial charge in [0.25, 0.3) is 0 Å². The molecule has 0 radical (unpaired) electrons. The largest absolute Gasteiger partial charge is 0.416 e. The second-order valence-corrected chi connectivity index (χ2v) is 16.6. The SMILES string of the molecule is FC(F)(F)c1cc([B-](c2cc(C(F)(F)F)cc(C(F)(F)F)c2)(c2cc(C(F)(F)F)cc(C(F)(F)F)c2)c2cc(C(F)(F)F)cc(C(F)(F)F)c2)cc(C(F)(F)F)c1.Fc1cccc(C[n+]2ccc3ccccc3c2)c1. The van der Waals surface area contributed by atoms with Crippen molar-refractivity contribution in [3.8, 4) is 0 Å². The fraction of sp³-hybridized carbons (Fsp3) is 0.188. The maximum atomic E-state index is 14.2. The van der Waals surface area contributed by atoms with Gasteiger partial charge in [-0.3, -0.25) is 0 Å². The first-order valence-corrected chi connectivity index (χ1v) is 20.6. The van der Waals surface area contributed by atoms with Gasteiger partial charge >= 0.3 is 49.4 Å². The molecule has 0 atom stereocenters. The Balaban J connectivity index is 0.000000421. The quantitative estimate of drug-likeness (QED) is 0.0888. The molecule has 0 bridgehead atoms. The fourth-order valence-electron chi connectivity index (χ4n) is 8.19. The third-order valence-electron chi connectivity index (χ3n) is 11.4. The summed E-state index contributed by atoms with van der Waals surface area (Å²) < 4.78 is 356. The van der Waals surface area contributed by atoms with Crippen molar-refractivity contribution in [2.75, 3.05) is 0 Å². The Bertz CT molecular complexity index is 2770. The maximum Gasteiger partial charge on any atom is 0.416 e. The summed E-state index contributed by atoms with van der Waals surface area (Å²) >= 11 is 0. The molecule has 0 spiro atoms. The summed E-state index contributed by atoms with van der Waals surface area (Å²) in [5.41, 5.74) is -29.2. The van der Waals surface area contributed by atoms with Crippen LogP contribution in [-0.4, -0.2) is 6.15 Å². The Morgan fingerprint density at radius 2 is 0.587 bits per heavy atom. The first kappa shape index (κ1) is 57.3. The summed E-state index contributed by atoms with van der Waals surface area (Å²) in [5, 5.41) is 2.41. The topological polar surface area (TPSA) is 3.88 Å². The average Bonchev–Trinajstić information content (AvgIpc) is 3.27. The number of benzene rings is 6. The van der Waals surface area contributed by atoms with Gasteiger partial charge < -0.3 is 0 Å². The Labute approximate surface area is 404 Å². The zero-order valence-electron chi connectivity index (χ0n) is 36.5. The Kier molecular flexibility index (Phi) is 15.0. The number of alkyl halides is 24. The number of rotatable bonds is 6. The molecule has 0 fully saturated rings. The van der Waals surface area contributed by atoms with Crippen LogP contribution in [0.3, 0.4) is 0 Å². The van der Waals surface area contributed by atoms with Gasteiger partial charge in [0.1, 0.15) is 12.0 Å². The van der Waals surface area contributed by atoms with E-state index in [1.54, 1.807) is 12.1 Å². The van der Waals surface area contributed by atoms with Crippen molar-refractivity contribution in [3.63, 3.8) is 0 Å². The number of fused-ring (bicyclic) bond motifs is 1. The number of aromatic nitrogens is 1. The van der Waals surface area contributed by atoms with Gasteiger partial charge in [-0.25, -0.2) is 8.96 Å². The second kappa shape index (κ2) is 19.6. The van der Waals surface area contributed by atoms with Crippen molar-refractivity contribution in [1.29, 1.82) is 0 Å². The summed E-state index contributed by atoms with van der Waals surface area (Å²) in [6.07, 6.45) is -50.7. The zero-order valence-corrected chi connectivity index (χ0v) is 36.5. The molecule has 0 saturated heterocycles. The third kappa shape index (κ3) is 13.1. The molecular formula is C48H25BF25N. The molecular weight excluding hydrogens is 1080 g/mol. The molecule has 0 aliphatic heterocycles. The number of halogens is 25. The summed E-state index contributed by atoms with van der Waals surface area (Å²) in [7, 11) is 0. The van der Waals surface area contributed by atoms with Crippen LogP contribution >= 0.6 is 0 Å². The molecule has 7 rings (SSSR count). The molecule has 0 aliphatic rings. The highest BCUT2D eigenvalue weighted by Gasteiger charge is 2.47. The van der Waals surface area contributed by atoms with E-state index in [-0.39, 0.29) is 5.82 Å². The highest BCUT2D eigenvalue weighted by Crippen LogP contribution is 2.41.